The summed E-state index contributed by atoms with van der Waals surface area (Å²) in [6.45, 7) is 4.81. The number of carbonyl (C=O) groups is 1. The first-order chi connectivity index (χ1) is 10.1. The van der Waals surface area contributed by atoms with Gasteiger partial charge < -0.3 is 11.1 Å². The third-order valence-corrected chi connectivity index (χ3v) is 3.58. The number of nitrogens with two attached hydrogens (primary N) is 1. The molecule has 0 aliphatic carbocycles. The van der Waals surface area contributed by atoms with Crippen LogP contribution in [-0.4, -0.2) is 12.5 Å². The molecule has 3 nitrogen and oxygen atoms in total. The normalized spacial score (nSPS) is 12.0. The van der Waals surface area contributed by atoms with Crippen molar-refractivity contribution in [2.45, 2.75) is 20.4 Å². The van der Waals surface area contributed by atoms with Crippen LogP contribution in [0.2, 0.25) is 0 Å². The summed E-state index contributed by atoms with van der Waals surface area (Å²) < 4.78 is 0. The molecular formula is C18H22N2O. The smallest absolute Gasteiger partial charge is 0.224 e. The predicted octanol–water partition coefficient (Wildman–Crippen LogP) is 2.87. The van der Waals surface area contributed by atoms with E-state index in [1.807, 2.05) is 19.1 Å². The molecule has 21 heavy (non-hydrogen) atoms. The van der Waals surface area contributed by atoms with Gasteiger partial charge in [0, 0.05) is 19.0 Å². The second-order valence-electron chi connectivity index (χ2n) is 5.42. The molecule has 2 aromatic carbocycles. The van der Waals surface area contributed by atoms with Gasteiger partial charge >= 0.3 is 0 Å². The maximum atomic E-state index is 11.7. The van der Waals surface area contributed by atoms with Crippen molar-refractivity contribution in [1.29, 1.82) is 0 Å². The molecule has 0 bridgehead atoms. The van der Waals surface area contributed by atoms with Crippen molar-refractivity contribution < 1.29 is 4.79 Å². The largest absolute Gasteiger partial charge is 0.352 e. The number of hydrogen-bond donors (Lipinski definition) is 2. The van der Waals surface area contributed by atoms with Crippen molar-refractivity contribution in [3.8, 4) is 11.1 Å². The molecule has 0 aliphatic heterocycles. The molecule has 110 valence electrons. The molecule has 1 unspecified atom stereocenters. The third-order valence-electron chi connectivity index (χ3n) is 3.58. The van der Waals surface area contributed by atoms with Gasteiger partial charge in [-0.1, -0.05) is 55.0 Å². The molecule has 0 saturated carbocycles. The Balaban J connectivity index is 2.07. The molecular weight excluding hydrogens is 260 g/mol. The molecule has 0 saturated heterocycles. The molecule has 1 amide bonds. The molecule has 3 N–H and O–H groups in total. The van der Waals surface area contributed by atoms with Crippen molar-refractivity contribution in [2.24, 2.45) is 11.7 Å². The van der Waals surface area contributed by atoms with Gasteiger partial charge in [-0.25, -0.2) is 0 Å². The highest BCUT2D eigenvalue weighted by atomic mass is 16.1. The quantitative estimate of drug-likeness (QED) is 0.886. The zero-order valence-corrected chi connectivity index (χ0v) is 12.6. The van der Waals surface area contributed by atoms with Gasteiger partial charge in [0.05, 0.1) is 0 Å². The van der Waals surface area contributed by atoms with Gasteiger partial charge in [-0.3, -0.25) is 4.79 Å². The summed E-state index contributed by atoms with van der Waals surface area (Å²) in [4.78, 5) is 11.7. The molecule has 2 rings (SSSR count). The minimum Gasteiger partial charge on any atom is -0.352 e. The van der Waals surface area contributed by atoms with Crippen LogP contribution in [0.25, 0.3) is 11.1 Å². The average Bonchev–Trinajstić information content (AvgIpc) is 2.52. The SMILES string of the molecule is Cc1ccc(-c2cccc(CNC(=O)C(C)CN)c2)cc1. The fourth-order valence-corrected chi connectivity index (χ4v) is 2.08. The lowest BCUT2D eigenvalue weighted by Crippen LogP contribution is -2.32. The molecule has 0 aromatic heterocycles. The van der Waals surface area contributed by atoms with E-state index in [0.717, 1.165) is 11.1 Å². The van der Waals surface area contributed by atoms with Crippen LogP contribution in [0.1, 0.15) is 18.1 Å². The van der Waals surface area contributed by atoms with E-state index in [9.17, 15) is 4.79 Å². The summed E-state index contributed by atoms with van der Waals surface area (Å²) in [5.41, 5.74) is 10.2. The van der Waals surface area contributed by atoms with E-state index in [1.165, 1.54) is 11.1 Å². The molecule has 0 fully saturated rings. The van der Waals surface area contributed by atoms with E-state index in [1.54, 1.807) is 0 Å². The number of nitrogens with one attached hydrogen (secondary N) is 1. The van der Waals surface area contributed by atoms with Gasteiger partial charge in [0.15, 0.2) is 0 Å². The molecule has 3 heteroatoms. The van der Waals surface area contributed by atoms with E-state index in [-0.39, 0.29) is 11.8 Å². The monoisotopic (exact) mass is 282 g/mol. The van der Waals surface area contributed by atoms with E-state index in [0.29, 0.717) is 13.1 Å². The first-order valence-electron chi connectivity index (χ1n) is 7.24. The van der Waals surface area contributed by atoms with Crippen molar-refractivity contribution in [2.75, 3.05) is 6.54 Å². The van der Waals surface area contributed by atoms with E-state index in [2.05, 4.69) is 48.6 Å². The van der Waals surface area contributed by atoms with E-state index >= 15 is 0 Å². The number of hydrogen-bond acceptors (Lipinski definition) is 2. The molecule has 0 spiro atoms. The highest BCUT2D eigenvalue weighted by molar-refractivity contribution is 5.78. The lowest BCUT2D eigenvalue weighted by molar-refractivity contribution is -0.124. The van der Waals surface area contributed by atoms with Crippen molar-refractivity contribution in [3.05, 3.63) is 59.7 Å². The predicted molar refractivity (Wildman–Crippen MR) is 86.7 cm³/mol. The molecule has 0 aliphatic rings. The van der Waals surface area contributed by atoms with Crippen molar-refractivity contribution in [1.82, 2.24) is 5.32 Å². The Labute approximate surface area is 126 Å². The van der Waals surface area contributed by atoms with E-state index in [4.69, 9.17) is 5.73 Å². The summed E-state index contributed by atoms with van der Waals surface area (Å²) in [6.07, 6.45) is 0. The Morgan fingerprint density at radius 1 is 1.14 bits per heavy atom. The average molecular weight is 282 g/mol. The second-order valence-corrected chi connectivity index (χ2v) is 5.42. The van der Waals surface area contributed by atoms with Crippen LogP contribution in [0.5, 0.6) is 0 Å². The maximum absolute atomic E-state index is 11.7. The number of carbonyl (C=O) groups excluding carboxylic acids is 1. The van der Waals surface area contributed by atoms with Crippen LogP contribution in [-0.2, 0) is 11.3 Å². The summed E-state index contributed by atoms with van der Waals surface area (Å²) in [5.74, 6) is -0.150. The highest BCUT2D eigenvalue weighted by Gasteiger charge is 2.09. The topological polar surface area (TPSA) is 55.1 Å². The summed E-state index contributed by atoms with van der Waals surface area (Å²) >= 11 is 0. The Morgan fingerprint density at radius 2 is 1.86 bits per heavy atom. The lowest BCUT2D eigenvalue weighted by atomic mass is 10.0. The summed E-state index contributed by atoms with van der Waals surface area (Å²) in [6, 6.07) is 16.7. The van der Waals surface area contributed by atoms with Crippen molar-refractivity contribution in [3.63, 3.8) is 0 Å². The highest BCUT2D eigenvalue weighted by Crippen LogP contribution is 2.20. The number of amides is 1. The second kappa shape index (κ2) is 7.04. The van der Waals surface area contributed by atoms with E-state index < -0.39 is 0 Å². The number of rotatable bonds is 5. The molecule has 0 radical (unpaired) electrons. The van der Waals surface area contributed by atoms with Crippen LogP contribution >= 0.6 is 0 Å². The van der Waals surface area contributed by atoms with Crippen LogP contribution in [0.4, 0.5) is 0 Å². The Morgan fingerprint density at radius 3 is 2.52 bits per heavy atom. The molecule has 1 atom stereocenters. The zero-order valence-electron chi connectivity index (χ0n) is 12.6. The van der Waals surface area contributed by atoms with Gasteiger partial charge in [0.2, 0.25) is 5.91 Å². The Kier molecular flexibility index (Phi) is 5.12. The van der Waals surface area contributed by atoms with Gasteiger partial charge in [-0.05, 0) is 29.7 Å². The standard InChI is InChI=1S/C18H22N2O/c1-13-6-8-16(9-7-13)17-5-3-4-15(10-17)12-20-18(21)14(2)11-19/h3-10,14H,11-12,19H2,1-2H3,(H,20,21). The van der Waals surface area contributed by atoms with Crippen molar-refractivity contribution >= 4 is 5.91 Å². The zero-order chi connectivity index (χ0) is 15.2. The van der Waals surface area contributed by atoms with Crippen LogP contribution in [0, 0.1) is 12.8 Å². The van der Waals surface area contributed by atoms with Crippen LogP contribution < -0.4 is 11.1 Å². The summed E-state index contributed by atoms with van der Waals surface area (Å²) in [7, 11) is 0. The number of aryl methyl sites for hydroxylation is 1. The van der Waals surface area contributed by atoms with Gasteiger partial charge in [0.25, 0.3) is 0 Å². The van der Waals surface area contributed by atoms with Gasteiger partial charge in [-0.2, -0.15) is 0 Å². The lowest BCUT2D eigenvalue weighted by Gasteiger charge is -2.11. The molecule has 0 heterocycles. The Bertz CT molecular complexity index is 605. The third kappa shape index (κ3) is 4.17. The van der Waals surface area contributed by atoms with Crippen LogP contribution in [0.3, 0.4) is 0 Å². The fraction of sp³-hybridized carbons (Fsp3) is 0.278. The Hall–Kier alpha value is -2.13. The first-order valence-corrected chi connectivity index (χ1v) is 7.24. The maximum Gasteiger partial charge on any atom is 0.224 e. The minimum atomic E-state index is -0.148. The summed E-state index contributed by atoms with van der Waals surface area (Å²) in [5, 5.41) is 2.92. The first kappa shape index (κ1) is 15.3. The minimum absolute atomic E-state index is 0.00163. The fourth-order valence-electron chi connectivity index (χ4n) is 2.08. The molecule has 2 aromatic rings. The van der Waals surface area contributed by atoms with Crippen LogP contribution in [0.15, 0.2) is 48.5 Å². The van der Waals surface area contributed by atoms with Gasteiger partial charge in [0.1, 0.15) is 0 Å². The van der Waals surface area contributed by atoms with Gasteiger partial charge in [-0.15, -0.1) is 0 Å². The number of benzene rings is 2.